The Balaban J connectivity index is 3.22. The average Bonchev–Trinajstić information content (AvgIpc) is 1.96. The monoisotopic (exact) mass is 185 g/mol. The lowest BCUT2D eigenvalue weighted by molar-refractivity contribution is -0.174. The van der Waals surface area contributed by atoms with E-state index >= 15 is 0 Å². The highest BCUT2D eigenvalue weighted by molar-refractivity contribution is 4.55. The molecule has 1 unspecified atom stereocenters. The molecule has 0 bridgehead atoms. The predicted octanol–water partition coefficient (Wildman–Crippen LogP) is 1.56. The van der Waals surface area contributed by atoms with Crippen molar-refractivity contribution in [2.24, 2.45) is 0 Å². The molecule has 5 heteroatoms. The van der Waals surface area contributed by atoms with Crippen LogP contribution < -0.4 is 5.32 Å². The number of halogens is 3. The van der Waals surface area contributed by atoms with Crippen LogP contribution in [0.2, 0.25) is 0 Å². The largest absolute Gasteiger partial charge is 0.411 e. The van der Waals surface area contributed by atoms with Crippen LogP contribution >= 0.6 is 0 Å². The fourth-order valence-corrected chi connectivity index (χ4v) is 0.592. The van der Waals surface area contributed by atoms with E-state index in [-0.39, 0.29) is 12.6 Å². The van der Waals surface area contributed by atoms with E-state index in [2.05, 4.69) is 10.1 Å². The minimum atomic E-state index is -4.21. The van der Waals surface area contributed by atoms with Crippen molar-refractivity contribution in [2.75, 3.05) is 20.3 Å². The van der Waals surface area contributed by atoms with Gasteiger partial charge in [0.2, 0.25) is 0 Å². The average molecular weight is 185 g/mol. The van der Waals surface area contributed by atoms with E-state index in [9.17, 15) is 13.2 Å². The quantitative estimate of drug-likeness (QED) is 0.656. The molecule has 0 aromatic heterocycles. The van der Waals surface area contributed by atoms with Crippen LogP contribution in [0.5, 0.6) is 0 Å². The van der Waals surface area contributed by atoms with Crippen LogP contribution in [-0.4, -0.2) is 32.5 Å². The topological polar surface area (TPSA) is 21.3 Å². The third-order valence-electron chi connectivity index (χ3n) is 1.45. The summed E-state index contributed by atoms with van der Waals surface area (Å²) < 4.78 is 39.0. The van der Waals surface area contributed by atoms with Crippen LogP contribution in [0.25, 0.3) is 0 Å². The first-order valence-electron chi connectivity index (χ1n) is 3.77. The summed E-state index contributed by atoms with van der Waals surface area (Å²) in [4.78, 5) is 0. The maximum atomic E-state index is 11.5. The fourth-order valence-electron chi connectivity index (χ4n) is 0.592. The molecule has 12 heavy (non-hydrogen) atoms. The second-order valence-electron chi connectivity index (χ2n) is 2.65. The standard InChI is InChI=1S/C7H14F3NO/c1-6(11-2)3-4-12-5-7(8,9)10/h6,11H,3-5H2,1-2H3. The van der Waals surface area contributed by atoms with Gasteiger partial charge in [0.05, 0.1) is 0 Å². The molecule has 0 rings (SSSR count). The van der Waals surface area contributed by atoms with E-state index in [0.717, 1.165) is 0 Å². The summed E-state index contributed by atoms with van der Waals surface area (Å²) >= 11 is 0. The van der Waals surface area contributed by atoms with Crippen molar-refractivity contribution in [1.29, 1.82) is 0 Å². The Labute approximate surface area is 70.1 Å². The molecule has 0 aromatic carbocycles. The first kappa shape index (κ1) is 11.7. The van der Waals surface area contributed by atoms with Crippen molar-refractivity contribution in [3.63, 3.8) is 0 Å². The lowest BCUT2D eigenvalue weighted by Gasteiger charge is -2.11. The lowest BCUT2D eigenvalue weighted by Crippen LogP contribution is -2.24. The van der Waals surface area contributed by atoms with Crippen molar-refractivity contribution in [3.8, 4) is 0 Å². The van der Waals surface area contributed by atoms with Crippen molar-refractivity contribution < 1.29 is 17.9 Å². The minimum absolute atomic E-state index is 0.140. The highest BCUT2D eigenvalue weighted by Gasteiger charge is 2.27. The number of alkyl halides is 3. The fraction of sp³-hybridized carbons (Fsp3) is 1.00. The smallest absolute Gasteiger partial charge is 0.372 e. The van der Waals surface area contributed by atoms with Crippen molar-refractivity contribution >= 4 is 0 Å². The first-order chi connectivity index (χ1) is 5.45. The van der Waals surface area contributed by atoms with Gasteiger partial charge in [-0.2, -0.15) is 13.2 Å². The SMILES string of the molecule is CNC(C)CCOCC(F)(F)F. The Bertz CT molecular complexity index is 116. The number of hydrogen-bond donors (Lipinski definition) is 1. The van der Waals surface area contributed by atoms with Crippen LogP contribution in [0.3, 0.4) is 0 Å². The number of rotatable bonds is 5. The zero-order valence-electron chi connectivity index (χ0n) is 7.24. The summed E-state index contributed by atoms with van der Waals surface area (Å²) in [6, 6.07) is 0.193. The van der Waals surface area contributed by atoms with Crippen molar-refractivity contribution in [3.05, 3.63) is 0 Å². The molecule has 0 aliphatic heterocycles. The maximum absolute atomic E-state index is 11.5. The molecule has 0 aromatic rings. The molecule has 0 aliphatic carbocycles. The number of ether oxygens (including phenoxy) is 1. The van der Waals surface area contributed by atoms with Gasteiger partial charge in [-0.1, -0.05) is 0 Å². The lowest BCUT2D eigenvalue weighted by atomic mass is 10.2. The molecule has 0 saturated heterocycles. The highest BCUT2D eigenvalue weighted by atomic mass is 19.4. The van der Waals surface area contributed by atoms with E-state index < -0.39 is 12.8 Å². The van der Waals surface area contributed by atoms with E-state index in [1.165, 1.54) is 0 Å². The number of hydrogen-bond acceptors (Lipinski definition) is 2. The van der Waals surface area contributed by atoms with Gasteiger partial charge in [0, 0.05) is 12.6 Å². The first-order valence-corrected chi connectivity index (χ1v) is 3.77. The van der Waals surface area contributed by atoms with Gasteiger partial charge in [-0.25, -0.2) is 0 Å². The molecule has 1 atom stereocenters. The summed E-state index contributed by atoms with van der Waals surface area (Å²) in [7, 11) is 1.76. The van der Waals surface area contributed by atoms with Gasteiger partial charge < -0.3 is 10.1 Å². The van der Waals surface area contributed by atoms with Gasteiger partial charge in [0.25, 0.3) is 0 Å². The van der Waals surface area contributed by atoms with E-state index in [1.54, 1.807) is 7.05 Å². The molecule has 2 nitrogen and oxygen atoms in total. The molecular weight excluding hydrogens is 171 g/mol. The number of nitrogens with one attached hydrogen (secondary N) is 1. The van der Waals surface area contributed by atoms with Crippen LogP contribution in [0.4, 0.5) is 13.2 Å². The Kier molecular flexibility index (Phi) is 5.24. The Morgan fingerprint density at radius 1 is 1.42 bits per heavy atom. The van der Waals surface area contributed by atoms with Gasteiger partial charge in [-0.15, -0.1) is 0 Å². The molecule has 0 saturated carbocycles. The zero-order valence-corrected chi connectivity index (χ0v) is 7.24. The van der Waals surface area contributed by atoms with Crippen molar-refractivity contribution in [1.82, 2.24) is 5.32 Å². The molecule has 0 amide bonds. The highest BCUT2D eigenvalue weighted by Crippen LogP contribution is 2.14. The molecular formula is C7H14F3NO. The third kappa shape index (κ3) is 7.81. The van der Waals surface area contributed by atoms with Crippen LogP contribution in [0.15, 0.2) is 0 Å². The second-order valence-corrected chi connectivity index (χ2v) is 2.65. The van der Waals surface area contributed by atoms with E-state index in [0.29, 0.717) is 6.42 Å². The van der Waals surface area contributed by atoms with Gasteiger partial charge in [-0.05, 0) is 20.4 Å². The third-order valence-corrected chi connectivity index (χ3v) is 1.45. The van der Waals surface area contributed by atoms with Gasteiger partial charge in [-0.3, -0.25) is 0 Å². The maximum Gasteiger partial charge on any atom is 0.411 e. The molecule has 74 valence electrons. The summed E-state index contributed by atoms with van der Waals surface area (Å²) in [6.07, 6.45) is -3.62. The van der Waals surface area contributed by atoms with Gasteiger partial charge in [0.1, 0.15) is 6.61 Å². The molecule has 0 heterocycles. The minimum Gasteiger partial charge on any atom is -0.372 e. The Morgan fingerprint density at radius 2 is 2.00 bits per heavy atom. The molecule has 0 spiro atoms. The van der Waals surface area contributed by atoms with Crippen molar-refractivity contribution in [2.45, 2.75) is 25.6 Å². The van der Waals surface area contributed by atoms with Gasteiger partial charge in [0.15, 0.2) is 0 Å². The Hall–Kier alpha value is -0.290. The normalized spacial score (nSPS) is 14.8. The van der Waals surface area contributed by atoms with Gasteiger partial charge >= 0.3 is 6.18 Å². The van der Waals surface area contributed by atoms with Crippen LogP contribution in [-0.2, 0) is 4.74 Å². The summed E-state index contributed by atoms with van der Waals surface area (Å²) in [5, 5.41) is 2.90. The van der Waals surface area contributed by atoms with Crippen LogP contribution in [0, 0.1) is 0 Å². The molecule has 0 radical (unpaired) electrons. The van der Waals surface area contributed by atoms with E-state index in [4.69, 9.17) is 0 Å². The van der Waals surface area contributed by atoms with E-state index in [1.807, 2.05) is 6.92 Å². The molecule has 0 aliphatic rings. The summed E-state index contributed by atoms with van der Waals surface area (Å²) in [5.74, 6) is 0. The van der Waals surface area contributed by atoms with Crippen LogP contribution in [0.1, 0.15) is 13.3 Å². The molecule has 0 fully saturated rings. The molecule has 1 N–H and O–H groups in total. The summed E-state index contributed by atoms with van der Waals surface area (Å²) in [6.45, 7) is 0.877. The zero-order chi connectivity index (χ0) is 9.61. The Morgan fingerprint density at radius 3 is 2.42 bits per heavy atom. The second kappa shape index (κ2) is 5.37. The summed E-state index contributed by atoms with van der Waals surface area (Å²) in [5.41, 5.74) is 0. The predicted molar refractivity (Wildman–Crippen MR) is 40.0 cm³/mol.